The van der Waals surface area contributed by atoms with Crippen LogP contribution in [0.1, 0.15) is 20.8 Å². The fourth-order valence-electron chi connectivity index (χ4n) is 2.90. The summed E-state index contributed by atoms with van der Waals surface area (Å²) in [6.07, 6.45) is 0. The van der Waals surface area contributed by atoms with Crippen molar-refractivity contribution < 1.29 is 14.3 Å². The summed E-state index contributed by atoms with van der Waals surface area (Å²) in [6.45, 7) is 0. The van der Waals surface area contributed by atoms with Crippen LogP contribution in [0.5, 0.6) is 11.5 Å². The Hall–Kier alpha value is -4.39. The molecule has 0 saturated carbocycles. The molecule has 4 aromatic rings. The summed E-state index contributed by atoms with van der Waals surface area (Å²) in [7, 11) is 1.66. The molecule has 0 atom stereocenters. The highest BCUT2D eigenvalue weighted by Crippen LogP contribution is 2.23. The van der Waals surface area contributed by atoms with Gasteiger partial charge in [-0.1, -0.05) is 36.4 Å². The Kier molecular flexibility index (Phi) is 5.75. The molecule has 154 valence electrons. The third-order valence-electron chi connectivity index (χ3n) is 4.48. The molecule has 1 heterocycles. The highest BCUT2D eigenvalue weighted by atomic mass is 16.5. The number of nitrogens with one attached hydrogen (secondary N) is 2. The molecular formula is C24H20N4O3. The molecule has 7 nitrogen and oxygen atoms in total. The number of carbonyl (C=O) groups excluding carboxylic acids is 2. The van der Waals surface area contributed by atoms with Crippen molar-refractivity contribution in [3.05, 3.63) is 102 Å². The van der Waals surface area contributed by atoms with Crippen LogP contribution in [0.4, 0.5) is 11.5 Å². The van der Waals surface area contributed by atoms with Gasteiger partial charge in [-0.3, -0.25) is 14.3 Å². The topological polar surface area (TPSA) is 85.2 Å². The molecule has 0 radical (unpaired) electrons. The van der Waals surface area contributed by atoms with E-state index in [9.17, 15) is 9.59 Å². The van der Waals surface area contributed by atoms with E-state index in [4.69, 9.17) is 4.74 Å². The lowest BCUT2D eigenvalue weighted by Crippen LogP contribution is -2.14. The Morgan fingerprint density at radius 2 is 1.39 bits per heavy atom. The van der Waals surface area contributed by atoms with E-state index in [2.05, 4.69) is 15.7 Å². The molecule has 0 unspecified atom stereocenters. The average molecular weight is 412 g/mol. The van der Waals surface area contributed by atoms with Crippen LogP contribution in [0.3, 0.4) is 0 Å². The van der Waals surface area contributed by atoms with E-state index in [1.807, 2.05) is 36.4 Å². The zero-order valence-corrected chi connectivity index (χ0v) is 16.8. The van der Waals surface area contributed by atoms with Gasteiger partial charge in [0.15, 0.2) is 5.69 Å². The van der Waals surface area contributed by atoms with Gasteiger partial charge in [-0.25, -0.2) is 0 Å². The lowest BCUT2D eigenvalue weighted by molar-refractivity contribution is 0.101. The SMILES string of the molecule is Cn1nc(C(=O)Nc2ccc(Oc3ccccc3)cc2)cc1NC(=O)c1ccccc1. The number of aromatic nitrogens is 2. The first-order valence-corrected chi connectivity index (χ1v) is 9.63. The van der Waals surface area contributed by atoms with Gasteiger partial charge in [-0.05, 0) is 48.5 Å². The number of rotatable bonds is 6. The smallest absolute Gasteiger partial charge is 0.276 e. The molecule has 7 heteroatoms. The van der Waals surface area contributed by atoms with E-state index >= 15 is 0 Å². The number of benzene rings is 3. The molecule has 31 heavy (non-hydrogen) atoms. The van der Waals surface area contributed by atoms with Gasteiger partial charge in [0.05, 0.1) is 0 Å². The summed E-state index contributed by atoms with van der Waals surface area (Å²) in [6, 6.07) is 26.8. The maximum Gasteiger partial charge on any atom is 0.276 e. The van der Waals surface area contributed by atoms with Crippen molar-refractivity contribution in [1.29, 1.82) is 0 Å². The summed E-state index contributed by atoms with van der Waals surface area (Å²) in [5.41, 5.74) is 1.31. The number of anilines is 2. The van der Waals surface area contributed by atoms with Crippen molar-refractivity contribution in [2.24, 2.45) is 7.05 Å². The molecule has 0 saturated heterocycles. The standard InChI is InChI=1S/C24H20N4O3/c1-28-22(26-23(29)17-8-4-2-5-9-17)16-21(27-28)24(30)25-18-12-14-20(15-13-18)31-19-10-6-3-7-11-19/h2-16H,1H3,(H,25,30)(H,26,29). The number of amides is 2. The first kappa shape index (κ1) is 19.9. The molecule has 0 bridgehead atoms. The zero-order chi connectivity index (χ0) is 21.6. The van der Waals surface area contributed by atoms with Gasteiger partial charge in [0.25, 0.3) is 11.8 Å². The Labute approximate surface area is 179 Å². The summed E-state index contributed by atoms with van der Waals surface area (Å²) in [5, 5.41) is 9.75. The highest BCUT2D eigenvalue weighted by molar-refractivity contribution is 6.06. The summed E-state index contributed by atoms with van der Waals surface area (Å²) >= 11 is 0. The number of aryl methyl sites for hydroxylation is 1. The first-order valence-electron chi connectivity index (χ1n) is 9.63. The summed E-state index contributed by atoms with van der Waals surface area (Å²) < 4.78 is 7.20. The lowest BCUT2D eigenvalue weighted by Gasteiger charge is -2.07. The molecule has 0 aliphatic carbocycles. The largest absolute Gasteiger partial charge is 0.457 e. The summed E-state index contributed by atoms with van der Waals surface area (Å²) in [4.78, 5) is 24.9. The van der Waals surface area contributed by atoms with Gasteiger partial charge in [0.1, 0.15) is 17.3 Å². The number of hydrogen-bond acceptors (Lipinski definition) is 4. The third kappa shape index (κ3) is 4.97. The monoisotopic (exact) mass is 412 g/mol. The van der Waals surface area contributed by atoms with E-state index in [0.717, 1.165) is 5.75 Å². The van der Waals surface area contributed by atoms with E-state index in [1.165, 1.54) is 10.7 Å². The van der Waals surface area contributed by atoms with Crippen molar-refractivity contribution in [2.75, 3.05) is 10.6 Å². The molecule has 0 aliphatic rings. The number of nitrogens with zero attached hydrogens (tertiary/aromatic N) is 2. The van der Waals surface area contributed by atoms with E-state index in [1.54, 1.807) is 55.6 Å². The molecule has 0 fully saturated rings. The van der Waals surface area contributed by atoms with Crippen molar-refractivity contribution >= 4 is 23.3 Å². The van der Waals surface area contributed by atoms with Gasteiger partial charge in [0.2, 0.25) is 0 Å². The van der Waals surface area contributed by atoms with Crippen LogP contribution in [-0.4, -0.2) is 21.6 Å². The Bertz CT molecular complexity index is 1190. The Balaban J connectivity index is 1.39. The fourth-order valence-corrected chi connectivity index (χ4v) is 2.90. The van der Waals surface area contributed by atoms with E-state index in [-0.39, 0.29) is 17.5 Å². The average Bonchev–Trinajstić information content (AvgIpc) is 3.17. The quantitative estimate of drug-likeness (QED) is 0.480. The molecule has 4 rings (SSSR count). The van der Waals surface area contributed by atoms with Crippen LogP contribution in [0.2, 0.25) is 0 Å². The van der Waals surface area contributed by atoms with Crippen LogP contribution in [0.25, 0.3) is 0 Å². The Morgan fingerprint density at radius 3 is 2.06 bits per heavy atom. The van der Waals surface area contributed by atoms with Crippen molar-refractivity contribution in [2.45, 2.75) is 0 Å². The molecule has 3 aromatic carbocycles. The second-order valence-electron chi connectivity index (χ2n) is 6.75. The number of hydrogen-bond donors (Lipinski definition) is 2. The maximum absolute atomic E-state index is 12.6. The van der Waals surface area contributed by atoms with Gasteiger partial charge >= 0.3 is 0 Å². The van der Waals surface area contributed by atoms with Gasteiger partial charge in [0, 0.05) is 24.4 Å². The number of ether oxygens (including phenoxy) is 1. The highest BCUT2D eigenvalue weighted by Gasteiger charge is 2.15. The van der Waals surface area contributed by atoms with Crippen molar-refractivity contribution in [3.8, 4) is 11.5 Å². The third-order valence-corrected chi connectivity index (χ3v) is 4.48. The van der Waals surface area contributed by atoms with E-state index < -0.39 is 0 Å². The van der Waals surface area contributed by atoms with Gasteiger partial charge in [-0.2, -0.15) is 5.10 Å². The normalized spacial score (nSPS) is 10.4. The van der Waals surface area contributed by atoms with Gasteiger partial charge < -0.3 is 15.4 Å². The molecule has 1 aromatic heterocycles. The molecule has 2 N–H and O–H groups in total. The van der Waals surface area contributed by atoms with E-state index in [0.29, 0.717) is 22.8 Å². The lowest BCUT2D eigenvalue weighted by atomic mass is 10.2. The number of carbonyl (C=O) groups is 2. The predicted octanol–water partition coefficient (Wildman–Crippen LogP) is 4.72. The minimum Gasteiger partial charge on any atom is -0.457 e. The molecule has 2 amide bonds. The zero-order valence-electron chi connectivity index (χ0n) is 16.8. The molecule has 0 aliphatic heterocycles. The second kappa shape index (κ2) is 8.96. The second-order valence-corrected chi connectivity index (χ2v) is 6.75. The minimum atomic E-state index is -0.382. The van der Waals surface area contributed by atoms with Crippen LogP contribution in [0.15, 0.2) is 91.0 Å². The van der Waals surface area contributed by atoms with Gasteiger partial charge in [-0.15, -0.1) is 0 Å². The van der Waals surface area contributed by atoms with Crippen molar-refractivity contribution in [1.82, 2.24) is 9.78 Å². The Morgan fingerprint density at radius 1 is 0.774 bits per heavy atom. The fraction of sp³-hybridized carbons (Fsp3) is 0.0417. The number of para-hydroxylation sites is 1. The maximum atomic E-state index is 12.6. The van der Waals surface area contributed by atoms with Crippen LogP contribution in [-0.2, 0) is 7.05 Å². The first-order chi connectivity index (χ1) is 15.1. The van der Waals surface area contributed by atoms with Crippen LogP contribution in [0, 0.1) is 0 Å². The minimum absolute atomic E-state index is 0.190. The van der Waals surface area contributed by atoms with Crippen molar-refractivity contribution in [3.63, 3.8) is 0 Å². The van der Waals surface area contributed by atoms with Crippen LogP contribution >= 0.6 is 0 Å². The molecular weight excluding hydrogens is 392 g/mol. The molecule has 0 spiro atoms. The predicted molar refractivity (Wildman–Crippen MR) is 119 cm³/mol. The van der Waals surface area contributed by atoms with Crippen LogP contribution < -0.4 is 15.4 Å². The summed E-state index contributed by atoms with van der Waals surface area (Å²) in [5.74, 6) is 1.16.